The number of nitrogens with zero attached hydrogens (tertiary/aromatic N) is 1. The van der Waals surface area contributed by atoms with E-state index in [0.717, 1.165) is 29.3 Å². The summed E-state index contributed by atoms with van der Waals surface area (Å²) < 4.78 is 11.9. The van der Waals surface area contributed by atoms with Crippen molar-refractivity contribution in [2.75, 3.05) is 12.8 Å². The molecular weight excluding hydrogens is 537 g/mol. The van der Waals surface area contributed by atoms with Crippen LogP contribution in [0, 0.1) is 13.8 Å². The van der Waals surface area contributed by atoms with Crippen LogP contribution in [0.15, 0.2) is 132 Å². The van der Waals surface area contributed by atoms with Crippen LogP contribution in [-0.2, 0) is 4.74 Å². The number of benzene rings is 5. The van der Waals surface area contributed by atoms with Crippen molar-refractivity contribution in [3.05, 3.63) is 144 Å². The molecule has 0 atom stereocenters. The minimum Gasteiger partial charge on any atom is -0.462 e. The second kappa shape index (κ2) is 12.1. The highest BCUT2D eigenvalue weighted by atomic mass is 31.2. The zero-order valence-electron chi connectivity index (χ0n) is 23.9. The van der Waals surface area contributed by atoms with Crippen LogP contribution >= 0.6 is 7.26 Å². The fraction of sp³-hybridized carbons (Fsp3) is 0.135. The Bertz CT molecular complexity index is 1700. The molecule has 4 nitrogen and oxygen atoms in total. The fourth-order valence-corrected chi connectivity index (χ4v) is 10.0. The number of ether oxygens (including phenoxy) is 1. The molecule has 5 heteroatoms. The summed E-state index contributed by atoms with van der Waals surface area (Å²) in [5.74, 6) is 0.190. The minimum atomic E-state index is -1.97. The second-order valence-corrected chi connectivity index (χ2v) is 14.2. The van der Waals surface area contributed by atoms with Crippen molar-refractivity contribution in [3.8, 4) is 11.5 Å². The third-order valence-corrected chi connectivity index (χ3v) is 12.1. The highest BCUT2D eigenvalue weighted by Crippen LogP contribution is 2.55. The standard InChI is InChI=1S/C37H33NO3P/c1-27-23-28(2)25-30(24-27)36-38-34-20-19-29(26-35(34)41-36)37(39)40-21-12-22-42(31-13-6-3-7-14-31,32-15-8-4-9-16-32)33-17-10-5-11-18-33/h3-11,13-20,23-26H,12,21-22H2,1-2H3/q+1. The van der Waals surface area contributed by atoms with Gasteiger partial charge in [0.2, 0.25) is 5.89 Å². The van der Waals surface area contributed by atoms with E-state index in [0.29, 0.717) is 29.2 Å². The van der Waals surface area contributed by atoms with Crippen LogP contribution in [0.25, 0.3) is 22.6 Å². The number of rotatable bonds is 9. The molecule has 0 radical (unpaired) electrons. The van der Waals surface area contributed by atoms with E-state index in [1.165, 1.54) is 15.9 Å². The van der Waals surface area contributed by atoms with E-state index in [1.54, 1.807) is 12.1 Å². The molecule has 42 heavy (non-hydrogen) atoms. The van der Waals surface area contributed by atoms with Gasteiger partial charge in [0.1, 0.15) is 28.7 Å². The second-order valence-electron chi connectivity index (χ2n) is 10.6. The first-order valence-electron chi connectivity index (χ1n) is 14.2. The smallest absolute Gasteiger partial charge is 0.338 e. The Balaban J connectivity index is 1.21. The van der Waals surface area contributed by atoms with Crippen LogP contribution in [0.1, 0.15) is 27.9 Å². The van der Waals surface area contributed by atoms with Crippen LogP contribution in [0.5, 0.6) is 0 Å². The van der Waals surface area contributed by atoms with E-state index >= 15 is 0 Å². The zero-order valence-corrected chi connectivity index (χ0v) is 24.8. The Labute approximate surface area is 247 Å². The molecule has 0 spiro atoms. The first-order chi connectivity index (χ1) is 20.5. The molecule has 0 unspecified atom stereocenters. The van der Waals surface area contributed by atoms with E-state index < -0.39 is 7.26 Å². The predicted molar refractivity (Wildman–Crippen MR) is 174 cm³/mol. The lowest BCUT2D eigenvalue weighted by Gasteiger charge is -2.27. The van der Waals surface area contributed by atoms with Crippen LogP contribution < -0.4 is 15.9 Å². The Kier molecular flexibility index (Phi) is 7.99. The molecule has 6 aromatic rings. The van der Waals surface area contributed by atoms with Gasteiger partial charge in [-0.3, -0.25) is 0 Å². The fourth-order valence-electron chi connectivity index (χ4n) is 5.71. The van der Waals surface area contributed by atoms with Crippen LogP contribution in [0.2, 0.25) is 0 Å². The quantitative estimate of drug-likeness (QED) is 0.102. The number of hydrogen-bond donors (Lipinski definition) is 0. The molecule has 0 aliphatic carbocycles. The predicted octanol–water partition coefficient (Wildman–Crippen LogP) is 7.65. The van der Waals surface area contributed by atoms with Gasteiger partial charge >= 0.3 is 5.97 Å². The number of carbonyl (C=O) groups is 1. The monoisotopic (exact) mass is 570 g/mol. The summed E-state index contributed by atoms with van der Waals surface area (Å²) in [6.45, 7) is 4.44. The molecule has 0 aliphatic rings. The third-order valence-electron chi connectivity index (χ3n) is 7.55. The normalized spacial score (nSPS) is 11.5. The Morgan fingerprint density at radius 3 is 1.81 bits per heavy atom. The number of aromatic nitrogens is 1. The van der Waals surface area contributed by atoms with Gasteiger partial charge in [-0.1, -0.05) is 71.8 Å². The summed E-state index contributed by atoms with van der Waals surface area (Å²) >= 11 is 0. The molecule has 0 saturated carbocycles. The van der Waals surface area contributed by atoms with Crippen molar-refractivity contribution >= 4 is 40.2 Å². The van der Waals surface area contributed by atoms with E-state index in [2.05, 4.69) is 128 Å². The summed E-state index contributed by atoms with van der Waals surface area (Å²) in [6, 6.07) is 43.8. The number of aryl methyl sites for hydroxylation is 2. The van der Waals surface area contributed by atoms with E-state index in [4.69, 9.17) is 9.15 Å². The van der Waals surface area contributed by atoms with E-state index in [-0.39, 0.29) is 5.97 Å². The van der Waals surface area contributed by atoms with Crippen LogP contribution in [0.4, 0.5) is 0 Å². The maximum absolute atomic E-state index is 13.1. The van der Waals surface area contributed by atoms with Crippen molar-refractivity contribution in [2.45, 2.75) is 20.3 Å². The average Bonchev–Trinajstić information content (AvgIpc) is 3.46. The first kappa shape index (κ1) is 27.6. The number of carbonyl (C=O) groups excluding carboxylic acids is 1. The van der Waals surface area contributed by atoms with Crippen molar-refractivity contribution in [3.63, 3.8) is 0 Å². The van der Waals surface area contributed by atoms with Crippen molar-refractivity contribution in [2.24, 2.45) is 0 Å². The summed E-state index contributed by atoms with van der Waals surface area (Å²) in [5.41, 5.74) is 4.96. The average molecular weight is 571 g/mol. The number of fused-ring (bicyclic) bond motifs is 1. The summed E-state index contributed by atoms with van der Waals surface area (Å²) in [7, 11) is -1.97. The highest BCUT2D eigenvalue weighted by molar-refractivity contribution is 7.95. The maximum atomic E-state index is 13.1. The Morgan fingerprint density at radius 1 is 0.714 bits per heavy atom. The molecule has 0 aliphatic heterocycles. The van der Waals surface area contributed by atoms with Gasteiger partial charge in [-0.25, -0.2) is 9.78 Å². The summed E-state index contributed by atoms with van der Waals surface area (Å²) in [5, 5.41) is 3.97. The summed E-state index contributed by atoms with van der Waals surface area (Å²) in [4.78, 5) is 17.8. The van der Waals surface area contributed by atoms with Crippen LogP contribution in [-0.4, -0.2) is 23.7 Å². The first-order valence-corrected chi connectivity index (χ1v) is 16.2. The summed E-state index contributed by atoms with van der Waals surface area (Å²) in [6.07, 6.45) is 1.62. The van der Waals surface area contributed by atoms with E-state index in [9.17, 15) is 4.79 Å². The Morgan fingerprint density at radius 2 is 1.26 bits per heavy atom. The van der Waals surface area contributed by atoms with Gasteiger partial charge in [-0.15, -0.1) is 0 Å². The molecule has 5 aromatic carbocycles. The third kappa shape index (κ3) is 5.64. The zero-order chi connectivity index (χ0) is 28.9. The molecular formula is C37H33NO3P+. The minimum absolute atomic E-state index is 0.329. The molecule has 0 saturated heterocycles. The molecule has 1 aromatic heterocycles. The Hall–Kier alpha value is -4.53. The van der Waals surface area contributed by atoms with Gasteiger partial charge in [-0.05, 0) is 80.6 Å². The lowest BCUT2D eigenvalue weighted by molar-refractivity contribution is 0.0506. The number of oxazole rings is 1. The molecule has 0 bridgehead atoms. The highest BCUT2D eigenvalue weighted by Gasteiger charge is 2.44. The lowest BCUT2D eigenvalue weighted by atomic mass is 10.1. The van der Waals surface area contributed by atoms with Gasteiger partial charge in [0, 0.05) is 12.0 Å². The number of esters is 1. The van der Waals surface area contributed by atoms with Gasteiger partial charge in [0.15, 0.2) is 5.58 Å². The van der Waals surface area contributed by atoms with Crippen molar-refractivity contribution in [1.29, 1.82) is 0 Å². The molecule has 0 N–H and O–H groups in total. The topological polar surface area (TPSA) is 52.3 Å². The van der Waals surface area contributed by atoms with Gasteiger partial charge < -0.3 is 9.15 Å². The SMILES string of the molecule is Cc1cc(C)cc(-c2nc3ccc(C(=O)OCCC[P+](c4ccccc4)(c4ccccc4)c4ccccc4)cc3o2)c1. The van der Waals surface area contributed by atoms with Crippen molar-refractivity contribution in [1.82, 2.24) is 4.98 Å². The molecule has 1 heterocycles. The maximum Gasteiger partial charge on any atom is 0.338 e. The van der Waals surface area contributed by atoms with Gasteiger partial charge in [0.05, 0.1) is 18.3 Å². The molecule has 0 amide bonds. The van der Waals surface area contributed by atoms with Crippen LogP contribution in [0.3, 0.4) is 0 Å². The van der Waals surface area contributed by atoms with E-state index in [1.807, 2.05) is 6.07 Å². The van der Waals surface area contributed by atoms with Gasteiger partial charge in [-0.2, -0.15) is 0 Å². The molecule has 0 fully saturated rings. The number of hydrogen-bond acceptors (Lipinski definition) is 4. The molecule has 6 rings (SSSR count). The van der Waals surface area contributed by atoms with Crippen molar-refractivity contribution < 1.29 is 13.9 Å². The molecule has 208 valence electrons. The van der Waals surface area contributed by atoms with Gasteiger partial charge in [0.25, 0.3) is 0 Å². The lowest BCUT2D eigenvalue weighted by Crippen LogP contribution is -2.33. The largest absolute Gasteiger partial charge is 0.462 e.